The number of ether oxygens (including phenoxy) is 1. The average Bonchev–Trinajstić information content (AvgIpc) is 3.02. The summed E-state index contributed by atoms with van der Waals surface area (Å²) >= 11 is 0. The number of nitrogens with one attached hydrogen (secondary N) is 2. The Morgan fingerprint density at radius 1 is 1.26 bits per heavy atom. The number of aromatic nitrogens is 1. The Hall–Kier alpha value is -3.03. The van der Waals surface area contributed by atoms with Gasteiger partial charge in [0.05, 0.1) is 6.54 Å². The minimum absolute atomic E-state index is 0.173. The smallest absolute Gasteiger partial charge is 0.411 e. The fourth-order valence-corrected chi connectivity index (χ4v) is 3.94. The molecule has 8 nitrogen and oxygen atoms in total. The predicted octanol–water partition coefficient (Wildman–Crippen LogP) is 2.85. The van der Waals surface area contributed by atoms with E-state index < -0.39 is 35.6 Å². The van der Waals surface area contributed by atoms with Crippen LogP contribution in [0.5, 0.6) is 0 Å². The SMILES string of the molecule is CC(C)C[C@H](NC(=O)[C@@H]1Cc2c([nH]c3ccccc23)CN1C(=O)OC(C)(C)C)C(N)=O. The normalized spacial score (nSPS) is 17.4. The van der Waals surface area contributed by atoms with Crippen LogP contribution in [0.15, 0.2) is 24.3 Å². The number of carbonyl (C=O) groups excluding carboxylic acids is 3. The number of nitrogens with two attached hydrogens (primary N) is 1. The van der Waals surface area contributed by atoms with E-state index in [-0.39, 0.29) is 12.5 Å². The van der Waals surface area contributed by atoms with Crippen LogP contribution in [-0.4, -0.2) is 45.5 Å². The predicted molar refractivity (Wildman–Crippen MR) is 118 cm³/mol. The van der Waals surface area contributed by atoms with Crippen LogP contribution >= 0.6 is 0 Å². The zero-order valence-corrected chi connectivity index (χ0v) is 18.8. The lowest BCUT2D eigenvalue weighted by Crippen LogP contribution is -2.57. The number of carbonyl (C=O) groups is 3. The van der Waals surface area contributed by atoms with Crippen LogP contribution in [0.25, 0.3) is 10.9 Å². The van der Waals surface area contributed by atoms with Crippen LogP contribution in [0.4, 0.5) is 4.79 Å². The van der Waals surface area contributed by atoms with Gasteiger partial charge in [-0.15, -0.1) is 0 Å². The van der Waals surface area contributed by atoms with Crippen molar-refractivity contribution in [3.05, 3.63) is 35.5 Å². The molecule has 1 aliphatic rings. The molecule has 2 heterocycles. The van der Waals surface area contributed by atoms with Gasteiger partial charge >= 0.3 is 6.09 Å². The molecule has 8 heteroatoms. The third-order valence-electron chi connectivity index (χ3n) is 5.30. The van der Waals surface area contributed by atoms with Crippen molar-refractivity contribution in [3.63, 3.8) is 0 Å². The number of benzene rings is 1. The van der Waals surface area contributed by atoms with Gasteiger partial charge in [0.1, 0.15) is 17.7 Å². The zero-order valence-electron chi connectivity index (χ0n) is 18.8. The third-order valence-corrected chi connectivity index (χ3v) is 5.30. The number of amides is 3. The van der Waals surface area contributed by atoms with Crippen LogP contribution < -0.4 is 11.1 Å². The van der Waals surface area contributed by atoms with Gasteiger partial charge in [-0.1, -0.05) is 32.0 Å². The number of primary amides is 1. The summed E-state index contributed by atoms with van der Waals surface area (Å²) in [6.07, 6.45) is 0.173. The third kappa shape index (κ3) is 5.18. The van der Waals surface area contributed by atoms with Crippen molar-refractivity contribution in [2.24, 2.45) is 11.7 Å². The Kier molecular flexibility index (Phi) is 6.29. The van der Waals surface area contributed by atoms with Crippen LogP contribution in [-0.2, 0) is 27.3 Å². The van der Waals surface area contributed by atoms with Crippen LogP contribution in [0.3, 0.4) is 0 Å². The molecule has 2 atom stereocenters. The first-order valence-corrected chi connectivity index (χ1v) is 10.6. The molecule has 1 aromatic heterocycles. The largest absolute Gasteiger partial charge is 0.444 e. The molecular weight excluding hydrogens is 396 g/mol. The zero-order chi connectivity index (χ0) is 22.9. The Morgan fingerprint density at radius 2 is 1.94 bits per heavy atom. The molecule has 0 radical (unpaired) electrons. The minimum Gasteiger partial charge on any atom is -0.444 e. The summed E-state index contributed by atoms with van der Waals surface area (Å²) in [5.74, 6) is -0.827. The summed E-state index contributed by atoms with van der Waals surface area (Å²) in [6, 6.07) is 6.23. The molecule has 1 aromatic carbocycles. The van der Waals surface area contributed by atoms with Crippen molar-refractivity contribution < 1.29 is 19.1 Å². The van der Waals surface area contributed by atoms with Crippen LogP contribution in [0.1, 0.15) is 52.3 Å². The molecule has 0 fully saturated rings. The monoisotopic (exact) mass is 428 g/mol. The van der Waals surface area contributed by atoms with Gasteiger partial charge in [0.2, 0.25) is 11.8 Å². The topological polar surface area (TPSA) is 118 Å². The summed E-state index contributed by atoms with van der Waals surface area (Å²) in [5.41, 5.74) is 7.64. The van der Waals surface area contributed by atoms with Crippen molar-refractivity contribution in [1.82, 2.24) is 15.2 Å². The fraction of sp³-hybridized carbons (Fsp3) is 0.522. The lowest BCUT2D eigenvalue weighted by atomic mass is 9.95. The second kappa shape index (κ2) is 8.61. The van der Waals surface area contributed by atoms with E-state index in [2.05, 4.69) is 10.3 Å². The van der Waals surface area contributed by atoms with E-state index in [4.69, 9.17) is 10.5 Å². The number of nitrogens with zero attached hydrogens (tertiary/aromatic N) is 1. The molecule has 3 rings (SSSR count). The van der Waals surface area contributed by atoms with Crippen molar-refractivity contribution >= 4 is 28.8 Å². The van der Waals surface area contributed by atoms with Gasteiger partial charge in [-0.05, 0) is 44.7 Å². The van der Waals surface area contributed by atoms with Gasteiger partial charge < -0.3 is 20.8 Å². The highest BCUT2D eigenvalue weighted by Crippen LogP contribution is 2.31. The van der Waals surface area contributed by atoms with Gasteiger partial charge in [-0.2, -0.15) is 0 Å². The van der Waals surface area contributed by atoms with Crippen LogP contribution in [0.2, 0.25) is 0 Å². The molecule has 1 aliphatic heterocycles. The first-order chi connectivity index (χ1) is 14.5. The number of hydrogen-bond donors (Lipinski definition) is 3. The first kappa shape index (κ1) is 22.7. The fourth-order valence-electron chi connectivity index (χ4n) is 3.94. The summed E-state index contributed by atoms with van der Waals surface area (Å²) in [7, 11) is 0. The maximum atomic E-state index is 13.3. The van der Waals surface area contributed by atoms with E-state index in [1.807, 2.05) is 38.1 Å². The van der Waals surface area contributed by atoms with E-state index in [9.17, 15) is 14.4 Å². The quantitative estimate of drug-likeness (QED) is 0.679. The number of fused-ring (bicyclic) bond motifs is 3. The average molecular weight is 429 g/mol. The molecule has 0 saturated heterocycles. The molecule has 2 aromatic rings. The lowest BCUT2D eigenvalue weighted by Gasteiger charge is -2.36. The van der Waals surface area contributed by atoms with E-state index in [1.165, 1.54) is 4.90 Å². The van der Waals surface area contributed by atoms with Crippen LogP contribution in [0, 0.1) is 5.92 Å². The van der Waals surface area contributed by atoms with Gasteiger partial charge in [-0.25, -0.2) is 4.79 Å². The minimum atomic E-state index is -0.810. The van der Waals surface area contributed by atoms with E-state index >= 15 is 0 Å². The summed E-state index contributed by atoms with van der Waals surface area (Å²) in [6.45, 7) is 9.46. The second-order valence-electron chi connectivity index (χ2n) is 9.55. The van der Waals surface area contributed by atoms with Gasteiger partial charge in [0.15, 0.2) is 0 Å². The number of H-pyrrole nitrogens is 1. The molecule has 3 amide bonds. The second-order valence-corrected chi connectivity index (χ2v) is 9.55. The molecule has 168 valence electrons. The molecule has 4 N–H and O–H groups in total. The molecule has 0 spiro atoms. The first-order valence-electron chi connectivity index (χ1n) is 10.6. The number of hydrogen-bond acceptors (Lipinski definition) is 4. The Labute approximate surface area is 182 Å². The Morgan fingerprint density at radius 3 is 2.55 bits per heavy atom. The van der Waals surface area contributed by atoms with Crippen molar-refractivity contribution in [1.29, 1.82) is 0 Å². The van der Waals surface area contributed by atoms with Gasteiger partial charge in [0.25, 0.3) is 0 Å². The number of aromatic amines is 1. The van der Waals surface area contributed by atoms with E-state index in [0.29, 0.717) is 12.8 Å². The van der Waals surface area contributed by atoms with Crippen molar-refractivity contribution in [2.75, 3.05) is 0 Å². The molecule has 0 unspecified atom stereocenters. The van der Waals surface area contributed by atoms with Crippen molar-refractivity contribution in [2.45, 2.75) is 71.7 Å². The van der Waals surface area contributed by atoms with E-state index in [1.54, 1.807) is 20.8 Å². The van der Waals surface area contributed by atoms with Gasteiger partial charge in [0, 0.05) is 23.0 Å². The van der Waals surface area contributed by atoms with Gasteiger partial charge in [-0.3, -0.25) is 14.5 Å². The molecule has 0 saturated carbocycles. The standard InChI is InChI=1S/C23H32N4O4/c1-13(2)10-17(20(24)28)26-21(29)19-11-15-14-8-6-7-9-16(14)25-18(15)12-27(19)22(30)31-23(3,4)5/h6-9,13,17,19,25H,10-12H2,1-5H3,(H2,24,28)(H,26,29)/t17-,19-/m0/s1. The summed E-state index contributed by atoms with van der Waals surface area (Å²) < 4.78 is 5.57. The maximum absolute atomic E-state index is 13.3. The number of para-hydroxylation sites is 1. The molecule has 0 aliphatic carbocycles. The Balaban J connectivity index is 1.94. The highest BCUT2D eigenvalue weighted by atomic mass is 16.6. The summed E-state index contributed by atoms with van der Waals surface area (Å²) in [5, 5.41) is 3.78. The lowest BCUT2D eigenvalue weighted by molar-refractivity contribution is -0.131. The summed E-state index contributed by atoms with van der Waals surface area (Å²) in [4.78, 5) is 42.9. The van der Waals surface area contributed by atoms with Crippen molar-refractivity contribution in [3.8, 4) is 0 Å². The molecule has 31 heavy (non-hydrogen) atoms. The maximum Gasteiger partial charge on any atom is 0.411 e. The Bertz CT molecular complexity index is 989. The number of rotatable bonds is 5. The molecule has 0 bridgehead atoms. The molecular formula is C23H32N4O4. The van der Waals surface area contributed by atoms with E-state index in [0.717, 1.165) is 22.2 Å². The highest BCUT2D eigenvalue weighted by Gasteiger charge is 2.39. The highest BCUT2D eigenvalue weighted by molar-refractivity contribution is 5.93.